The lowest BCUT2D eigenvalue weighted by atomic mass is 10.1. The maximum Gasteiger partial charge on any atom is 0.317 e. The molecule has 1 aliphatic heterocycles. The summed E-state index contributed by atoms with van der Waals surface area (Å²) in [5, 5.41) is 2.96. The number of rotatable bonds is 3. The van der Waals surface area contributed by atoms with Crippen molar-refractivity contribution in [3.05, 3.63) is 35.6 Å². The van der Waals surface area contributed by atoms with E-state index in [9.17, 15) is 14.0 Å². The van der Waals surface area contributed by atoms with Gasteiger partial charge in [-0.3, -0.25) is 4.79 Å². The first-order chi connectivity index (χ1) is 11.7. The van der Waals surface area contributed by atoms with Crippen LogP contribution in [0.1, 0.15) is 39.2 Å². The lowest BCUT2D eigenvalue weighted by Gasteiger charge is -2.27. The van der Waals surface area contributed by atoms with Crippen molar-refractivity contribution in [1.82, 2.24) is 15.1 Å². The van der Waals surface area contributed by atoms with Crippen molar-refractivity contribution >= 4 is 11.9 Å². The number of amides is 3. The molecule has 5 nitrogen and oxygen atoms in total. The van der Waals surface area contributed by atoms with Gasteiger partial charge in [0.05, 0.1) is 0 Å². The molecule has 1 saturated heterocycles. The highest BCUT2D eigenvalue weighted by Crippen LogP contribution is 2.10. The smallest absolute Gasteiger partial charge is 0.317 e. The highest BCUT2D eigenvalue weighted by molar-refractivity contribution is 5.77. The third-order valence-corrected chi connectivity index (χ3v) is 4.16. The van der Waals surface area contributed by atoms with Crippen molar-refractivity contribution in [1.29, 1.82) is 0 Å². The van der Waals surface area contributed by atoms with Gasteiger partial charge in [-0.2, -0.15) is 0 Å². The molecule has 138 valence electrons. The fourth-order valence-electron chi connectivity index (χ4n) is 2.83. The van der Waals surface area contributed by atoms with Crippen LogP contribution in [0.15, 0.2) is 24.3 Å². The second-order valence-corrected chi connectivity index (χ2v) is 7.53. The van der Waals surface area contributed by atoms with E-state index in [0.717, 1.165) is 12.0 Å². The average molecular weight is 349 g/mol. The quantitative estimate of drug-likeness (QED) is 0.912. The molecule has 1 aromatic carbocycles. The van der Waals surface area contributed by atoms with Gasteiger partial charge in [-0.15, -0.1) is 0 Å². The third-order valence-electron chi connectivity index (χ3n) is 4.16. The van der Waals surface area contributed by atoms with Gasteiger partial charge in [0.1, 0.15) is 5.82 Å². The largest absolute Gasteiger partial charge is 0.341 e. The van der Waals surface area contributed by atoms with Gasteiger partial charge in [-0.1, -0.05) is 12.1 Å². The van der Waals surface area contributed by atoms with Gasteiger partial charge in [0, 0.05) is 38.1 Å². The number of urea groups is 1. The number of aryl methyl sites for hydroxylation is 1. The number of carbonyl (C=O) groups is 2. The summed E-state index contributed by atoms with van der Waals surface area (Å²) < 4.78 is 12.9. The Morgan fingerprint density at radius 3 is 2.28 bits per heavy atom. The third kappa shape index (κ3) is 6.36. The maximum absolute atomic E-state index is 12.9. The Hall–Kier alpha value is -2.11. The minimum absolute atomic E-state index is 0.0758. The van der Waals surface area contributed by atoms with Crippen LogP contribution in [0.4, 0.5) is 9.18 Å². The van der Waals surface area contributed by atoms with Crippen LogP contribution in [0, 0.1) is 5.82 Å². The predicted molar refractivity (Wildman–Crippen MR) is 95.8 cm³/mol. The zero-order valence-electron chi connectivity index (χ0n) is 15.3. The maximum atomic E-state index is 12.9. The molecule has 0 atom stereocenters. The van der Waals surface area contributed by atoms with Gasteiger partial charge in [0.15, 0.2) is 0 Å². The van der Waals surface area contributed by atoms with Crippen LogP contribution in [0.5, 0.6) is 0 Å². The molecular formula is C19H28FN3O2. The Kier molecular flexibility index (Phi) is 6.39. The van der Waals surface area contributed by atoms with Crippen molar-refractivity contribution < 1.29 is 14.0 Å². The summed E-state index contributed by atoms with van der Waals surface area (Å²) >= 11 is 0. The molecule has 0 unspecified atom stereocenters. The molecule has 2 rings (SSSR count). The summed E-state index contributed by atoms with van der Waals surface area (Å²) in [5.74, 6) is -0.182. The number of hydrogen-bond donors (Lipinski definition) is 1. The second-order valence-electron chi connectivity index (χ2n) is 7.53. The van der Waals surface area contributed by atoms with E-state index in [1.807, 2.05) is 25.7 Å². The first-order valence-corrected chi connectivity index (χ1v) is 8.84. The molecule has 1 N–H and O–H groups in total. The molecule has 25 heavy (non-hydrogen) atoms. The van der Waals surface area contributed by atoms with Crippen molar-refractivity contribution in [2.45, 2.75) is 45.6 Å². The van der Waals surface area contributed by atoms with Gasteiger partial charge in [-0.25, -0.2) is 9.18 Å². The molecule has 0 spiro atoms. The Balaban J connectivity index is 1.82. The highest BCUT2D eigenvalue weighted by Gasteiger charge is 2.24. The summed E-state index contributed by atoms with van der Waals surface area (Å²) in [6.07, 6.45) is 1.78. The monoisotopic (exact) mass is 349 g/mol. The topological polar surface area (TPSA) is 52.7 Å². The molecule has 0 aliphatic carbocycles. The number of nitrogens with zero attached hydrogens (tertiary/aromatic N) is 2. The fraction of sp³-hybridized carbons (Fsp3) is 0.579. The Morgan fingerprint density at radius 2 is 1.64 bits per heavy atom. The normalized spacial score (nSPS) is 15.7. The zero-order chi connectivity index (χ0) is 18.4. The highest BCUT2D eigenvalue weighted by atomic mass is 19.1. The number of nitrogens with one attached hydrogen (secondary N) is 1. The molecule has 1 heterocycles. The van der Waals surface area contributed by atoms with Crippen molar-refractivity contribution in [2.75, 3.05) is 26.2 Å². The molecule has 3 amide bonds. The van der Waals surface area contributed by atoms with E-state index < -0.39 is 0 Å². The van der Waals surface area contributed by atoms with Crippen LogP contribution >= 0.6 is 0 Å². The van der Waals surface area contributed by atoms with Gasteiger partial charge >= 0.3 is 6.03 Å². The molecule has 0 radical (unpaired) electrons. The Morgan fingerprint density at radius 1 is 1.04 bits per heavy atom. The van der Waals surface area contributed by atoms with Crippen LogP contribution in [-0.4, -0.2) is 53.5 Å². The van der Waals surface area contributed by atoms with Crippen molar-refractivity contribution in [2.24, 2.45) is 0 Å². The number of halogens is 1. The van der Waals surface area contributed by atoms with Crippen molar-refractivity contribution in [3.63, 3.8) is 0 Å². The van der Waals surface area contributed by atoms with Crippen LogP contribution in [0.25, 0.3) is 0 Å². The Labute approximate surface area is 149 Å². The van der Waals surface area contributed by atoms with Gasteiger partial charge in [0.25, 0.3) is 0 Å². The number of benzene rings is 1. The lowest BCUT2D eigenvalue weighted by Crippen LogP contribution is -2.49. The summed E-state index contributed by atoms with van der Waals surface area (Å²) in [5.41, 5.74) is 0.685. The Bertz CT molecular complexity index is 596. The molecule has 0 bridgehead atoms. The standard InChI is InChI=1S/C19H28FN3O2/c1-19(2,3)21-18(25)23-12-4-11-22(13-14-23)17(24)10-7-15-5-8-16(20)9-6-15/h5-6,8-9H,4,7,10-14H2,1-3H3,(H,21,25). The molecule has 1 aliphatic rings. The molecule has 1 fully saturated rings. The van der Waals surface area contributed by atoms with E-state index in [-0.39, 0.29) is 23.3 Å². The average Bonchev–Trinajstić information content (AvgIpc) is 2.78. The van der Waals surface area contributed by atoms with E-state index in [2.05, 4.69) is 5.32 Å². The van der Waals surface area contributed by atoms with E-state index in [1.54, 1.807) is 17.0 Å². The summed E-state index contributed by atoms with van der Waals surface area (Å²) in [6.45, 7) is 8.28. The van der Waals surface area contributed by atoms with E-state index >= 15 is 0 Å². The minimum Gasteiger partial charge on any atom is -0.341 e. The molecule has 1 aromatic rings. The predicted octanol–water partition coefficient (Wildman–Crippen LogP) is 2.80. The first-order valence-electron chi connectivity index (χ1n) is 8.84. The molecule has 0 aromatic heterocycles. The van der Waals surface area contributed by atoms with E-state index in [0.29, 0.717) is 39.0 Å². The molecular weight excluding hydrogens is 321 g/mol. The van der Waals surface area contributed by atoms with Gasteiger partial charge in [-0.05, 0) is 51.3 Å². The molecule has 0 saturated carbocycles. The number of carbonyl (C=O) groups excluding carboxylic acids is 2. The zero-order valence-corrected chi connectivity index (χ0v) is 15.3. The molecule has 6 heteroatoms. The fourth-order valence-corrected chi connectivity index (χ4v) is 2.83. The summed E-state index contributed by atoms with van der Waals surface area (Å²) in [4.78, 5) is 28.3. The lowest BCUT2D eigenvalue weighted by molar-refractivity contribution is -0.131. The minimum atomic E-state index is -0.270. The van der Waals surface area contributed by atoms with Crippen LogP contribution in [0.2, 0.25) is 0 Å². The van der Waals surface area contributed by atoms with Crippen LogP contribution in [-0.2, 0) is 11.2 Å². The SMILES string of the molecule is CC(C)(C)NC(=O)N1CCCN(C(=O)CCc2ccc(F)cc2)CC1. The first kappa shape index (κ1) is 19.2. The van der Waals surface area contributed by atoms with Gasteiger partial charge in [0.2, 0.25) is 5.91 Å². The van der Waals surface area contributed by atoms with Gasteiger partial charge < -0.3 is 15.1 Å². The van der Waals surface area contributed by atoms with E-state index in [1.165, 1.54) is 12.1 Å². The van der Waals surface area contributed by atoms with Crippen LogP contribution < -0.4 is 5.32 Å². The second kappa shape index (κ2) is 8.32. The van der Waals surface area contributed by atoms with Crippen LogP contribution in [0.3, 0.4) is 0 Å². The number of hydrogen-bond acceptors (Lipinski definition) is 2. The van der Waals surface area contributed by atoms with E-state index in [4.69, 9.17) is 0 Å². The summed E-state index contributed by atoms with van der Waals surface area (Å²) in [6, 6.07) is 6.18. The summed E-state index contributed by atoms with van der Waals surface area (Å²) in [7, 11) is 0. The van der Waals surface area contributed by atoms with Crippen molar-refractivity contribution in [3.8, 4) is 0 Å².